The molecule has 0 radical (unpaired) electrons. The lowest BCUT2D eigenvalue weighted by Crippen LogP contribution is -2.23. The van der Waals surface area contributed by atoms with Crippen molar-refractivity contribution in [3.63, 3.8) is 0 Å². The molecular formula is C16H14ClF4N5O2. The summed E-state index contributed by atoms with van der Waals surface area (Å²) in [6.45, 7) is -0.186. The van der Waals surface area contributed by atoms with Crippen LogP contribution in [0, 0.1) is 0 Å². The summed E-state index contributed by atoms with van der Waals surface area (Å²) >= 11 is 5.60. The van der Waals surface area contributed by atoms with Gasteiger partial charge in [-0.15, -0.1) is 0 Å². The monoisotopic (exact) mass is 419 g/mol. The maximum Gasteiger partial charge on any atom is 0.287 e. The van der Waals surface area contributed by atoms with Crippen molar-refractivity contribution in [2.75, 3.05) is 0 Å². The van der Waals surface area contributed by atoms with Gasteiger partial charge in [-0.1, -0.05) is 11.6 Å². The lowest BCUT2D eigenvalue weighted by molar-refractivity contribution is 0.0919. The Hall–Kier alpha value is -2.82. The van der Waals surface area contributed by atoms with Gasteiger partial charge < -0.3 is 9.73 Å². The average molecular weight is 420 g/mol. The molecule has 12 heteroatoms. The number of alkyl halides is 4. The van der Waals surface area contributed by atoms with Crippen molar-refractivity contribution in [3.05, 3.63) is 58.0 Å². The Labute approximate surface area is 160 Å². The molecule has 3 aromatic rings. The molecule has 0 unspecified atom stereocenters. The standard InChI is InChI=1S/C16H14ClF4N5O2/c1-25-8(4-5-23-25)6-22-16(27)10-3-2-9(28-10)7-26-13(15(20)21)11(17)12(24-26)14(18)19/h2-5,14-15H,6-7H2,1H3,(H,22,27). The van der Waals surface area contributed by atoms with E-state index < -0.39 is 35.2 Å². The Balaban J connectivity index is 1.73. The molecule has 0 aliphatic carbocycles. The predicted molar refractivity (Wildman–Crippen MR) is 89.3 cm³/mol. The van der Waals surface area contributed by atoms with E-state index in [2.05, 4.69) is 15.5 Å². The van der Waals surface area contributed by atoms with Gasteiger partial charge in [0.25, 0.3) is 18.8 Å². The third-order valence-electron chi connectivity index (χ3n) is 3.91. The summed E-state index contributed by atoms with van der Waals surface area (Å²) in [6.07, 6.45) is -4.63. The van der Waals surface area contributed by atoms with Crippen molar-refractivity contribution in [3.8, 4) is 0 Å². The normalized spacial score (nSPS) is 11.6. The summed E-state index contributed by atoms with van der Waals surface area (Å²) < 4.78 is 59.7. The molecule has 3 aromatic heterocycles. The Kier molecular flexibility index (Phi) is 5.73. The Morgan fingerprint density at radius 3 is 2.61 bits per heavy atom. The zero-order valence-corrected chi connectivity index (χ0v) is 15.1. The van der Waals surface area contributed by atoms with Gasteiger partial charge in [-0.2, -0.15) is 10.2 Å². The number of aromatic nitrogens is 4. The quantitative estimate of drug-likeness (QED) is 0.592. The number of rotatable bonds is 7. The molecule has 3 rings (SSSR count). The van der Waals surface area contributed by atoms with Gasteiger partial charge in [0.15, 0.2) is 5.76 Å². The first-order chi connectivity index (χ1) is 13.3. The van der Waals surface area contributed by atoms with Crippen LogP contribution in [0.5, 0.6) is 0 Å². The second kappa shape index (κ2) is 8.05. The van der Waals surface area contributed by atoms with E-state index >= 15 is 0 Å². The van der Waals surface area contributed by atoms with E-state index in [-0.39, 0.29) is 24.6 Å². The highest BCUT2D eigenvalue weighted by atomic mass is 35.5. The molecule has 150 valence electrons. The van der Waals surface area contributed by atoms with Crippen molar-refractivity contribution in [1.29, 1.82) is 0 Å². The SMILES string of the molecule is Cn1nccc1CNC(=O)c1ccc(Cn2nc(C(F)F)c(Cl)c2C(F)F)o1. The summed E-state index contributed by atoms with van der Waals surface area (Å²) in [7, 11) is 1.72. The predicted octanol–water partition coefficient (Wildman–Crippen LogP) is 3.72. The van der Waals surface area contributed by atoms with Gasteiger partial charge in [0.2, 0.25) is 0 Å². The highest BCUT2D eigenvalue weighted by Crippen LogP contribution is 2.35. The lowest BCUT2D eigenvalue weighted by Gasteiger charge is -2.05. The number of nitrogens with zero attached hydrogens (tertiary/aromatic N) is 4. The summed E-state index contributed by atoms with van der Waals surface area (Å²) in [5.41, 5.74) is -1.01. The van der Waals surface area contributed by atoms with Gasteiger partial charge >= 0.3 is 0 Å². The zero-order chi connectivity index (χ0) is 20.4. The summed E-state index contributed by atoms with van der Waals surface area (Å²) in [5, 5.41) is 9.25. The second-order valence-corrected chi connectivity index (χ2v) is 6.12. The van der Waals surface area contributed by atoms with Gasteiger partial charge in [-0.3, -0.25) is 14.2 Å². The maximum absolute atomic E-state index is 13.2. The molecule has 0 saturated carbocycles. The van der Waals surface area contributed by atoms with Crippen molar-refractivity contribution >= 4 is 17.5 Å². The van der Waals surface area contributed by atoms with E-state index in [1.807, 2.05) is 0 Å². The number of hydrogen-bond donors (Lipinski definition) is 1. The van der Waals surface area contributed by atoms with Gasteiger partial charge in [-0.05, 0) is 18.2 Å². The largest absolute Gasteiger partial charge is 0.454 e. The van der Waals surface area contributed by atoms with Crippen LogP contribution in [0.15, 0.2) is 28.8 Å². The van der Waals surface area contributed by atoms with Crippen LogP contribution in [0.3, 0.4) is 0 Å². The van der Waals surface area contributed by atoms with Crippen LogP contribution in [0.1, 0.15) is 46.2 Å². The number of halogens is 5. The van der Waals surface area contributed by atoms with Crippen LogP contribution < -0.4 is 5.32 Å². The molecule has 0 bridgehead atoms. The molecule has 7 nitrogen and oxygen atoms in total. The van der Waals surface area contributed by atoms with Gasteiger partial charge in [0.1, 0.15) is 17.1 Å². The van der Waals surface area contributed by atoms with E-state index in [0.717, 1.165) is 5.69 Å². The van der Waals surface area contributed by atoms with Crippen LogP contribution in [-0.4, -0.2) is 25.5 Å². The highest BCUT2D eigenvalue weighted by Gasteiger charge is 2.28. The van der Waals surface area contributed by atoms with Gasteiger partial charge in [-0.25, -0.2) is 17.6 Å². The first-order valence-corrected chi connectivity index (χ1v) is 8.32. The third kappa shape index (κ3) is 4.03. The van der Waals surface area contributed by atoms with E-state index in [1.54, 1.807) is 24.0 Å². The Bertz CT molecular complexity index is 982. The Morgan fingerprint density at radius 2 is 2.00 bits per heavy atom. The van der Waals surface area contributed by atoms with Crippen LogP contribution in [0.4, 0.5) is 17.6 Å². The molecule has 1 N–H and O–H groups in total. The molecule has 1 amide bonds. The van der Waals surface area contributed by atoms with E-state index in [4.69, 9.17) is 16.0 Å². The average Bonchev–Trinajstić information content (AvgIpc) is 3.32. The molecule has 0 fully saturated rings. The lowest BCUT2D eigenvalue weighted by atomic mass is 10.3. The van der Waals surface area contributed by atoms with E-state index in [9.17, 15) is 22.4 Å². The third-order valence-corrected chi connectivity index (χ3v) is 4.30. The van der Waals surface area contributed by atoms with Gasteiger partial charge in [0.05, 0.1) is 23.8 Å². The van der Waals surface area contributed by atoms with E-state index in [1.165, 1.54) is 12.1 Å². The minimum atomic E-state index is -3.11. The molecule has 0 aliphatic heterocycles. The van der Waals surface area contributed by atoms with Crippen molar-refractivity contribution in [2.45, 2.75) is 25.9 Å². The van der Waals surface area contributed by atoms with E-state index in [0.29, 0.717) is 4.68 Å². The van der Waals surface area contributed by atoms with Crippen LogP contribution in [0.25, 0.3) is 0 Å². The highest BCUT2D eigenvalue weighted by molar-refractivity contribution is 6.32. The minimum Gasteiger partial charge on any atom is -0.454 e. The summed E-state index contributed by atoms with van der Waals surface area (Å²) in [6, 6.07) is 4.43. The molecule has 0 aromatic carbocycles. The number of hydrogen-bond acceptors (Lipinski definition) is 4. The van der Waals surface area contributed by atoms with Crippen molar-refractivity contribution in [2.24, 2.45) is 7.05 Å². The molecule has 0 spiro atoms. The topological polar surface area (TPSA) is 77.9 Å². The summed E-state index contributed by atoms with van der Waals surface area (Å²) in [4.78, 5) is 12.1. The molecule has 0 saturated heterocycles. The number of amides is 1. The maximum atomic E-state index is 13.2. The first kappa shape index (κ1) is 19.9. The fraction of sp³-hybridized carbons (Fsp3) is 0.312. The smallest absolute Gasteiger partial charge is 0.287 e. The van der Waals surface area contributed by atoms with Crippen molar-refractivity contribution in [1.82, 2.24) is 24.9 Å². The zero-order valence-electron chi connectivity index (χ0n) is 14.4. The van der Waals surface area contributed by atoms with Crippen LogP contribution in [0.2, 0.25) is 5.02 Å². The number of carbonyl (C=O) groups excluding carboxylic acids is 1. The number of carbonyl (C=O) groups is 1. The molecule has 0 atom stereocenters. The molecule has 0 aliphatic rings. The van der Waals surface area contributed by atoms with Crippen molar-refractivity contribution < 1.29 is 26.8 Å². The summed E-state index contributed by atoms with van der Waals surface area (Å²) in [5.74, 6) is -0.524. The number of furan rings is 1. The van der Waals surface area contributed by atoms with Gasteiger partial charge in [0, 0.05) is 13.2 Å². The second-order valence-electron chi connectivity index (χ2n) is 5.74. The fourth-order valence-electron chi connectivity index (χ4n) is 2.51. The molecule has 28 heavy (non-hydrogen) atoms. The first-order valence-electron chi connectivity index (χ1n) is 7.94. The molecular weight excluding hydrogens is 406 g/mol. The fourth-order valence-corrected chi connectivity index (χ4v) is 2.81. The minimum absolute atomic E-state index is 0.0666. The Morgan fingerprint density at radius 1 is 1.25 bits per heavy atom. The number of aryl methyl sites for hydroxylation is 1. The molecule has 3 heterocycles. The van der Waals surface area contributed by atoms with Crippen LogP contribution in [-0.2, 0) is 20.1 Å². The van der Waals surface area contributed by atoms with Crippen LogP contribution >= 0.6 is 11.6 Å². The number of nitrogens with one attached hydrogen (secondary N) is 1.